The van der Waals surface area contributed by atoms with Gasteiger partial charge in [-0.25, -0.2) is 0 Å². The smallest absolute Gasteiger partial charge is 0.250 e. The molecular weight excluding hydrogens is 548 g/mol. The van der Waals surface area contributed by atoms with E-state index in [0.29, 0.717) is 39.2 Å². The van der Waals surface area contributed by atoms with Crippen molar-refractivity contribution >= 4 is 23.4 Å². The van der Waals surface area contributed by atoms with Crippen LogP contribution in [-0.2, 0) is 22.7 Å². The molecule has 11 nitrogen and oxygen atoms in total. The molecule has 2 heterocycles. The van der Waals surface area contributed by atoms with Crippen LogP contribution in [0.5, 0.6) is 11.5 Å². The molecule has 12 heteroatoms. The lowest BCUT2D eigenvalue weighted by atomic mass is 10.1. The molecule has 2 aromatic heterocycles. The molecule has 0 bridgehead atoms. The molecule has 1 aliphatic rings. The fourth-order valence-corrected chi connectivity index (χ4v) is 5.16. The Morgan fingerprint density at radius 2 is 1.88 bits per heavy atom. The van der Waals surface area contributed by atoms with E-state index in [1.54, 1.807) is 43.5 Å². The summed E-state index contributed by atoms with van der Waals surface area (Å²) >= 11 is 6.48. The van der Waals surface area contributed by atoms with Crippen LogP contribution in [0.2, 0.25) is 5.02 Å². The Bertz CT molecular complexity index is 1480. The molecule has 0 unspecified atom stereocenters. The first-order valence-corrected chi connectivity index (χ1v) is 13.7. The number of nitrogens with zero attached hydrogens (tertiary/aromatic N) is 5. The third-order valence-electron chi connectivity index (χ3n) is 7.06. The third kappa shape index (κ3) is 6.51. The minimum absolute atomic E-state index is 0.0539. The summed E-state index contributed by atoms with van der Waals surface area (Å²) in [6.45, 7) is -0.197. The average Bonchev–Trinajstić information content (AvgIpc) is 3.77. The van der Waals surface area contributed by atoms with Gasteiger partial charge in [-0.05, 0) is 60.0 Å². The Morgan fingerprint density at radius 1 is 1.10 bits per heavy atom. The monoisotopic (exact) mass is 578 g/mol. The normalized spacial score (nSPS) is 14.0. The molecule has 0 radical (unpaired) electrons. The number of benzene rings is 2. The SMILES string of the molecule is COc1ccc(-c2nnn(CC(=O)N(Cc3ccccc3Cl)[C@H](C(=O)NC3CCCC3)c3ccco3)n2)cc1OC. The van der Waals surface area contributed by atoms with E-state index >= 15 is 0 Å². The summed E-state index contributed by atoms with van der Waals surface area (Å²) in [6, 6.07) is 14.9. The van der Waals surface area contributed by atoms with Gasteiger partial charge in [0.1, 0.15) is 12.3 Å². The summed E-state index contributed by atoms with van der Waals surface area (Å²) in [5, 5.41) is 16.2. The van der Waals surface area contributed by atoms with Crippen LogP contribution in [0.1, 0.15) is 43.0 Å². The van der Waals surface area contributed by atoms with E-state index in [-0.39, 0.29) is 25.0 Å². The topological polar surface area (TPSA) is 125 Å². The van der Waals surface area contributed by atoms with Crippen molar-refractivity contribution in [2.75, 3.05) is 14.2 Å². The van der Waals surface area contributed by atoms with Gasteiger partial charge in [-0.15, -0.1) is 10.2 Å². The van der Waals surface area contributed by atoms with Crippen LogP contribution < -0.4 is 14.8 Å². The summed E-state index contributed by atoms with van der Waals surface area (Å²) in [5.41, 5.74) is 1.32. The van der Waals surface area contributed by atoms with Gasteiger partial charge in [0, 0.05) is 23.2 Å². The molecule has 2 aromatic carbocycles. The van der Waals surface area contributed by atoms with Gasteiger partial charge in [-0.2, -0.15) is 4.80 Å². The second-order valence-corrected chi connectivity index (χ2v) is 10.1. The molecule has 4 aromatic rings. The molecule has 0 aliphatic heterocycles. The van der Waals surface area contributed by atoms with Crippen molar-refractivity contribution in [3.8, 4) is 22.9 Å². The molecular formula is C29H31ClN6O5. The molecule has 2 amide bonds. The highest BCUT2D eigenvalue weighted by Crippen LogP contribution is 2.31. The number of rotatable bonds is 11. The summed E-state index contributed by atoms with van der Waals surface area (Å²) in [7, 11) is 3.09. The lowest BCUT2D eigenvalue weighted by Gasteiger charge is -2.31. The Kier molecular flexibility index (Phi) is 8.83. The van der Waals surface area contributed by atoms with Crippen molar-refractivity contribution in [3.63, 3.8) is 0 Å². The van der Waals surface area contributed by atoms with Crippen LogP contribution >= 0.6 is 11.6 Å². The van der Waals surface area contributed by atoms with Crippen molar-refractivity contribution < 1.29 is 23.5 Å². The van der Waals surface area contributed by atoms with Crippen LogP contribution in [0.3, 0.4) is 0 Å². The van der Waals surface area contributed by atoms with Gasteiger partial charge in [0.25, 0.3) is 5.91 Å². The first-order valence-electron chi connectivity index (χ1n) is 13.3. The summed E-state index contributed by atoms with van der Waals surface area (Å²) in [6.07, 6.45) is 5.39. The van der Waals surface area contributed by atoms with E-state index in [1.807, 2.05) is 18.2 Å². The highest BCUT2D eigenvalue weighted by Gasteiger charge is 2.35. The minimum Gasteiger partial charge on any atom is -0.493 e. The summed E-state index contributed by atoms with van der Waals surface area (Å²) in [5.74, 6) is 0.997. The number of aromatic nitrogens is 4. The molecule has 1 fully saturated rings. The number of methoxy groups -OCH3 is 2. The predicted octanol–water partition coefficient (Wildman–Crippen LogP) is 4.43. The molecule has 0 spiro atoms. The van der Waals surface area contributed by atoms with E-state index < -0.39 is 11.9 Å². The zero-order valence-electron chi connectivity index (χ0n) is 22.8. The largest absolute Gasteiger partial charge is 0.493 e. The Hall–Kier alpha value is -4.38. The number of ether oxygens (including phenoxy) is 2. The maximum atomic E-state index is 13.9. The lowest BCUT2D eigenvalue weighted by molar-refractivity contribution is -0.143. The molecule has 41 heavy (non-hydrogen) atoms. The average molecular weight is 579 g/mol. The van der Waals surface area contributed by atoms with E-state index in [9.17, 15) is 9.59 Å². The fraction of sp³-hybridized carbons (Fsp3) is 0.345. The number of nitrogens with one attached hydrogen (secondary N) is 1. The van der Waals surface area contributed by atoms with E-state index in [0.717, 1.165) is 25.7 Å². The van der Waals surface area contributed by atoms with Crippen LogP contribution in [0.25, 0.3) is 11.4 Å². The summed E-state index contributed by atoms with van der Waals surface area (Å²) < 4.78 is 16.3. The quantitative estimate of drug-likeness (QED) is 0.277. The van der Waals surface area contributed by atoms with E-state index in [2.05, 4.69) is 20.7 Å². The molecule has 5 rings (SSSR count). The van der Waals surface area contributed by atoms with Gasteiger partial charge >= 0.3 is 0 Å². The van der Waals surface area contributed by atoms with Crippen molar-refractivity contribution in [1.82, 2.24) is 30.4 Å². The van der Waals surface area contributed by atoms with Gasteiger partial charge in [0.15, 0.2) is 17.5 Å². The fourth-order valence-electron chi connectivity index (χ4n) is 4.97. The lowest BCUT2D eigenvalue weighted by Crippen LogP contribution is -2.46. The number of furan rings is 1. The Balaban J connectivity index is 1.44. The molecule has 1 N–H and O–H groups in total. The number of amides is 2. The van der Waals surface area contributed by atoms with Crippen LogP contribution in [0.4, 0.5) is 0 Å². The van der Waals surface area contributed by atoms with Crippen molar-refractivity contribution in [3.05, 3.63) is 77.2 Å². The molecule has 0 saturated heterocycles. The van der Waals surface area contributed by atoms with E-state index in [1.165, 1.54) is 23.1 Å². The number of tetrazole rings is 1. The van der Waals surface area contributed by atoms with Gasteiger partial charge in [-0.3, -0.25) is 9.59 Å². The molecule has 214 valence electrons. The third-order valence-corrected chi connectivity index (χ3v) is 7.43. The number of hydrogen-bond donors (Lipinski definition) is 1. The van der Waals surface area contributed by atoms with Crippen LogP contribution in [0, 0.1) is 0 Å². The number of halogens is 1. The zero-order valence-corrected chi connectivity index (χ0v) is 23.6. The minimum atomic E-state index is -1.02. The van der Waals surface area contributed by atoms with Crippen LogP contribution in [0.15, 0.2) is 65.3 Å². The number of carbonyl (C=O) groups is 2. The number of hydrogen-bond acceptors (Lipinski definition) is 8. The maximum Gasteiger partial charge on any atom is 0.250 e. The highest BCUT2D eigenvalue weighted by atomic mass is 35.5. The molecule has 1 saturated carbocycles. The predicted molar refractivity (Wildman–Crippen MR) is 150 cm³/mol. The van der Waals surface area contributed by atoms with Gasteiger partial charge in [0.2, 0.25) is 11.7 Å². The molecule has 1 aliphatic carbocycles. The van der Waals surface area contributed by atoms with Gasteiger partial charge in [-0.1, -0.05) is 42.6 Å². The highest BCUT2D eigenvalue weighted by molar-refractivity contribution is 6.31. The standard InChI is InChI=1S/C29H31ClN6O5/c1-39-23-14-13-19(16-25(23)40-2)28-32-34-36(33-28)18-26(37)35(17-20-8-3-6-11-22(20)30)27(24-12-7-15-41-24)29(38)31-21-9-4-5-10-21/h3,6-8,11-16,21,27H,4-5,9-10,17-18H2,1-2H3,(H,31,38)/t27-/m0/s1. The van der Waals surface area contributed by atoms with Crippen molar-refractivity contribution in [1.29, 1.82) is 0 Å². The first kappa shape index (κ1) is 28.2. The van der Waals surface area contributed by atoms with Gasteiger partial charge in [0.05, 0.1) is 20.5 Å². The van der Waals surface area contributed by atoms with Crippen molar-refractivity contribution in [2.45, 2.75) is 50.9 Å². The van der Waals surface area contributed by atoms with Crippen LogP contribution in [-0.4, -0.2) is 57.2 Å². The summed E-state index contributed by atoms with van der Waals surface area (Å²) in [4.78, 5) is 30.3. The second kappa shape index (κ2) is 12.9. The Morgan fingerprint density at radius 3 is 2.59 bits per heavy atom. The van der Waals surface area contributed by atoms with E-state index in [4.69, 9.17) is 25.5 Å². The first-order chi connectivity index (χ1) is 20.0. The zero-order chi connectivity index (χ0) is 28.8. The van der Waals surface area contributed by atoms with Crippen molar-refractivity contribution in [2.24, 2.45) is 0 Å². The number of carbonyl (C=O) groups excluding carboxylic acids is 2. The maximum absolute atomic E-state index is 13.9. The van der Waals surface area contributed by atoms with Gasteiger partial charge < -0.3 is 24.1 Å². The Labute approximate surface area is 242 Å². The second-order valence-electron chi connectivity index (χ2n) is 9.73. The molecule has 1 atom stereocenters.